The van der Waals surface area contributed by atoms with Crippen LogP contribution < -0.4 is 14.4 Å². The van der Waals surface area contributed by atoms with E-state index in [1.165, 1.54) is 0 Å². The first-order valence-corrected chi connectivity index (χ1v) is 12.4. The summed E-state index contributed by atoms with van der Waals surface area (Å²) >= 11 is 0. The maximum Gasteiger partial charge on any atom is 0.246 e. The fourth-order valence-corrected chi connectivity index (χ4v) is 5.33. The van der Waals surface area contributed by atoms with E-state index in [0.717, 1.165) is 17.0 Å². The number of benzene rings is 2. The van der Waals surface area contributed by atoms with Gasteiger partial charge in [-0.1, -0.05) is 39.0 Å². The zero-order valence-electron chi connectivity index (χ0n) is 19.2. The van der Waals surface area contributed by atoms with Gasteiger partial charge in [-0.25, -0.2) is 8.42 Å². The van der Waals surface area contributed by atoms with E-state index >= 15 is 0 Å². The molecule has 0 spiro atoms. The second-order valence-corrected chi connectivity index (χ2v) is 10.5. The molecule has 1 aliphatic rings. The highest BCUT2D eigenvalue weighted by molar-refractivity contribution is 7.89. The predicted octanol–water partition coefficient (Wildman–Crippen LogP) is 4.29. The topological polar surface area (TPSA) is 59.1 Å². The monoisotopic (exact) mass is 446 g/mol. The van der Waals surface area contributed by atoms with Crippen LogP contribution in [-0.2, 0) is 15.4 Å². The number of sulfonamides is 1. The van der Waals surface area contributed by atoms with Crippen LogP contribution in [0.15, 0.2) is 47.4 Å². The van der Waals surface area contributed by atoms with Crippen LogP contribution >= 0.6 is 0 Å². The highest BCUT2D eigenvalue weighted by Crippen LogP contribution is 2.34. The molecule has 0 atom stereocenters. The van der Waals surface area contributed by atoms with Gasteiger partial charge in [-0.15, -0.1) is 0 Å². The van der Waals surface area contributed by atoms with E-state index in [1.54, 1.807) is 16.4 Å². The molecule has 0 saturated carbocycles. The Balaban J connectivity index is 1.85. The van der Waals surface area contributed by atoms with Crippen LogP contribution in [0.2, 0.25) is 0 Å². The number of rotatable bonds is 7. The molecule has 3 rings (SSSR count). The van der Waals surface area contributed by atoms with Crippen molar-refractivity contribution in [1.82, 2.24) is 4.31 Å². The van der Waals surface area contributed by atoms with E-state index in [4.69, 9.17) is 9.47 Å². The Kier molecular flexibility index (Phi) is 7.17. The van der Waals surface area contributed by atoms with Gasteiger partial charge in [-0.05, 0) is 49.1 Å². The van der Waals surface area contributed by atoms with Gasteiger partial charge in [0, 0.05) is 26.2 Å². The molecule has 6 nitrogen and oxygen atoms in total. The Morgan fingerprint density at radius 1 is 0.871 bits per heavy atom. The first kappa shape index (κ1) is 23.4. The first-order chi connectivity index (χ1) is 14.7. The lowest BCUT2D eigenvalue weighted by molar-refractivity contribution is 0.326. The molecule has 0 unspecified atom stereocenters. The van der Waals surface area contributed by atoms with Crippen LogP contribution in [0.25, 0.3) is 0 Å². The molecule has 7 heteroatoms. The molecule has 0 N–H and O–H groups in total. The SMILES string of the molecule is CCOc1ccccc1N1CCN(S(=O)(=O)c2cc(C(C)(C)C)ccc2OCC)CC1. The number of hydrogen-bond acceptors (Lipinski definition) is 5. The summed E-state index contributed by atoms with van der Waals surface area (Å²) in [7, 11) is -3.67. The molecule has 0 aliphatic carbocycles. The average molecular weight is 447 g/mol. The molecule has 31 heavy (non-hydrogen) atoms. The van der Waals surface area contributed by atoms with Gasteiger partial charge in [0.15, 0.2) is 0 Å². The normalized spacial score (nSPS) is 15.7. The third-order valence-electron chi connectivity index (χ3n) is 5.47. The van der Waals surface area contributed by atoms with Crippen molar-refractivity contribution in [3.05, 3.63) is 48.0 Å². The Bertz CT molecular complexity index is 991. The number of para-hydroxylation sites is 2. The Morgan fingerprint density at radius 2 is 1.48 bits per heavy atom. The van der Waals surface area contributed by atoms with E-state index in [0.29, 0.717) is 45.1 Å². The summed E-state index contributed by atoms with van der Waals surface area (Å²) < 4.78 is 40.2. The molecular formula is C24H34N2O4S. The molecule has 170 valence electrons. The largest absolute Gasteiger partial charge is 0.492 e. The summed E-state index contributed by atoms with van der Waals surface area (Å²) in [4.78, 5) is 2.44. The summed E-state index contributed by atoms with van der Waals surface area (Å²) in [6, 6.07) is 13.4. The third-order valence-corrected chi connectivity index (χ3v) is 7.39. The number of anilines is 1. The molecule has 2 aromatic carbocycles. The Morgan fingerprint density at radius 3 is 2.10 bits per heavy atom. The Labute approximate surface area is 186 Å². The second-order valence-electron chi connectivity index (χ2n) is 8.64. The van der Waals surface area contributed by atoms with Crippen molar-refractivity contribution in [3.8, 4) is 11.5 Å². The first-order valence-electron chi connectivity index (χ1n) is 10.9. The molecule has 0 amide bonds. The molecule has 1 aliphatic heterocycles. The molecule has 1 fully saturated rings. The van der Waals surface area contributed by atoms with Crippen LogP contribution in [0.5, 0.6) is 11.5 Å². The number of piperazine rings is 1. The number of ether oxygens (including phenoxy) is 2. The molecule has 2 aromatic rings. The van der Waals surface area contributed by atoms with Gasteiger partial charge in [0.1, 0.15) is 16.4 Å². The van der Waals surface area contributed by atoms with E-state index in [-0.39, 0.29) is 10.3 Å². The van der Waals surface area contributed by atoms with Crippen molar-refractivity contribution in [2.75, 3.05) is 44.3 Å². The van der Waals surface area contributed by atoms with Crippen molar-refractivity contribution in [3.63, 3.8) is 0 Å². The summed E-state index contributed by atoms with van der Waals surface area (Å²) in [5, 5.41) is 0. The van der Waals surface area contributed by atoms with Gasteiger partial charge in [0.05, 0.1) is 18.9 Å². The summed E-state index contributed by atoms with van der Waals surface area (Å²) in [6.45, 7) is 13.1. The standard InChI is InChI=1S/C24H34N2O4S/c1-6-29-21-11-9-8-10-20(21)25-14-16-26(17-15-25)31(27,28)23-18-19(24(3,4)5)12-13-22(23)30-7-2/h8-13,18H,6-7,14-17H2,1-5H3. The average Bonchev–Trinajstić information content (AvgIpc) is 2.74. The highest BCUT2D eigenvalue weighted by Gasteiger charge is 2.32. The van der Waals surface area contributed by atoms with Crippen molar-refractivity contribution >= 4 is 15.7 Å². The molecule has 0 bridgehead atoms. The maximum absolute atomic E-state index is 13.6. The van der Waals surface area contributed by atoms with Crippen LogP contribution in [0, 0.1) is 0 Å². The summed E-state index contributed by atoms with van der Waals surface area (Å²) in [5.74, 6) is 1.25. The zero-order valence-corrected chi connectivity index (χ0v) is 20.0. The Hall–Kier alpha value is -2.25. The minimum atomic E-state index is -3.67. The zero-order chi connectivity index (χ0) is 22.6. The van der Waals surface area contributed by atoms with Crippen LogP contribution in [-0.4, -0.2) is 52.1 Å². The van der Waals surface area contributed by atoms with Gasteiger partial charge >= 0.3 is 0 Å². The van der Waals surface area contributed by atoms with Crippen LogP contribution in [0.1, 0.15) is 40.2 Å². The van der Waals surface area contributed by atoms with Crippen molar-refractivity contribution in [1.29, 1.82) is 0 Å². The van der Waals surface area contributed by atoms with Gasteiger partial charge in [0.25, 0.3) is 0 Å². The number of hydrogen-bond donors (Lipinski definition) is 0. The number of nitrogens with zero attached hydrogens (tertiary/aromatic N) is 2. The predicted molar refractivity (Wildman–Crippen MR) is 125 cm³/mol. The molecule has 0 radical (unpaired) electrons. The lowest BCUT2D eigenvalue weighted by Crippen LogP contribution is -2.48. The van der Waals surface area contributed by atoms with Crippen LogP contribution in [0.3, 0.4) is 0 Å². The molecule has 1 saturated heterocycles. The smallest absolute Gasteiger partial charge is 0.246 e. The fraction of sp³-hybridized carbons (Fsp3) is 0.500. The quantitative estimate of drug-likeness (QED) is 0.635. The van der Waals surface area contributed by atoms with Crippen molar-refractivity contribution < 1.29 is 17.9 Å². The highest BCUT2D eigenvalue weighted by atomic mass is 32.2. The van der Waals surface area contributed by atoms with E-state index < -0.39 is 10.0 Å². The van der Waals surface area contributed by atoms with Crippen molar-refractivity contribution in [2.45, 2.75) is 44.9 Å². The van der Waals surface area contributed by atoms with Gasteiger partial charge in [-0.3, -0.25) is 0 Å². The van der Waals surface area contributed by atoms with E-state index in [9.17, 15) is 8.42 Å². The summed E-state index contributed by atoms with van der Waals surface area (Å²) in [5.41, 5.74) is 1.82. The van der Waals surface area contributed by atoms with Gasteiger partial charge in [0.2, 0.25) is 10.0 Å². The molecule has 1 heterocycles. The molecule has 0 aromatic heterocycles. The second kappa shape index (κ2) is 9.49. The maximum atomic E-state index is 13.6. The fourth-order valence-electron chi connectivity index (χ4n) is 3.76. The van der Waals surface area contributed by atoms with E-state index in [2.05, 4.69) is 25.7 Å². The minimum absolute atomic E-state index is 0.156. The van der Waals surface area contributed by atoms with Crippen LogP contribution in [0.4, 0.5) is 5.69 Å². The molecular weight excluding hydrogens is 412 g/mol. The van der Waals surface area contributed by atoms with E-state index in [1.807, 2.05) is 44.2 Å². The van der Waals surface area contributed by atoms with Crippen molar-refractivity contribution in [2.24, 2.45) is 0 Å². The summed E-state index contributed by atoms with van der Waals surface area (Å²) in [6.07, 6.45) is 0. The lowest BCUT2D eigenvalue weighted by atomic mass is 9.87. The van der Waals surface area contributed by atoms with Gasteiger partial charge < -0.3 is 14.4 Å². The minimum Gasteiger partial charge on any atom is -0.492 e. The van der Waals surface area contributed by atoms with Gasteiger partial charge in [-0.2, -0.15) is 4.31 Å². The third kappa shape index (κ3) is 5.15. The lowest BCUT2D eigenvalue weighted by Gasteiger charge is -2.36.